The Bertz CT molecular complexity index is 458. The molecule has 21 heavy (non-hydrogen) atoms. The summed E-state index contributed by atoms with van der Waals surface area (Å²) in [6.45, 7) is 0.658. The predicted octanol–water partition coefficient (Wildman–Crippen LogP) is 2.05. The molecule has 1 unspecified atom stereocenters. The van der Waals surface area contributed by atoms with E-state index in [0.29, 0.717) is 32.0 Å². The Morgan fingerprint density at radius 2 is 2.33 bits per heavy atom. The van der Waals surface area contributed by atoms with Gasteiger partial charge in [-0.3, -0.25) is 9.89 Å². The SMILES string of the molecule is CN=C(NCc1ccsc1)NC1CCN(CC(F)(F)F)C1. The third-order valence-corrected chi connectivity index (χ3v) is 4.01. The zero-order valence-corrected chi connectivity index (χ0v) is 12.6. The number of guanidine groups is 1. The molecule has 8 heteroatoms. The van der Waals surface area contributed by atoms with Crippen LogP contribution in [0.1, 0.15) is 12.0 Å². The number of thiophene rings is 1. The molecule has 1 atom stereocenters. The van der Waals surface area contributed by atoms with E-state index in [1.165, 1.54) is 4.90 Å². The lowest BCUT2D eigenvalue weighted by molar-refractivity contribution is -0.143. The van der Waals surface area contributed by atoms with Gasteiger partial charge in [0.2, 0.25) is 0 Å². The Morgan fingerprint density at radius 1 is 1.52 bits per heavy atom. The number of alkyl halides is 3. The largest absolute Gasteiger partial charge is 0.401 e. The first-order chi connectivity index (χ1) is 9.96. The Labute approximate surface area is 126 Å². The zero-order valence-electron chi connectivity index (χ0n) is 11.8. The minimum Gasteiger partial charge on any atom is -0.352 e. The fourth-order valence-electron chi connectivity index (χ4n) is 2.31. The number of aliphatic imine (C=N–C) groups is 1. The van der Waals surface area contributed by atoms with Crippen LogP contribution in [0, 0.1) is 0 Å². The second-order valence-electron chi connectivity index (χ2n) is 5.04. The third-order valence-electron chi connectivity index (χ3n) is 3.28. The second-order valence-corrected chi connectivity index (χ2v) is 5.82. The zero-order chi connectivity index (χ0) is 15.3. The molecule has 2 N–H and O–H groups in total. The highest BCUT2D eigenvalue weighted by molar-refractivity contribution is 7.07. The summed E-state index contributed by atoms with van der Waals surface area (Å²) in [6, 6.07) is 2.02. The number of hydrogen-bond donors (Lipinski definition) is 2. The van der Waals surface area contributed by atoms with Gasteiger partial charge < -0.3 is 10.6 Å². The number of hydrogen-bond acceptors (Lipinski definition) is 3. The van der Waals surface area contributed by atoms with E-state index in [-0.39, 0.29) is 6.04 Å². The van der Waals surface area contributed by atoms with Gasteiger partial charge in [-0.15, -0.1) is 0 Å². The average Bonchev–Trinajstić information content (AvgIpc) is 3.04. The molecule has 1 aromatic heterocycles. The lowest BCUT2D eigenvalue weighted by Crippen LogP contribution is -2.44. The summed E-state index contributed by atoms with van der Waals surface area (Å²) in [5, 5.41) is 10.4. The Balaban J connectivity index is 1.75. The monoisotopic (exact) mass is 320 g/mol. The Hall–Kier alpha value is -1.28. The fraction of sp³-hybridized carbons (Fsp3) is 0.615. The van der Waals surface area contributed by atoms with Crippen LogP contribution in [0.25, 0.3) is 0 Å². The number of rotatable bonds is 4. The van der Waals surface area contributed by atoms with Gasteiger partial charge in [0.15, 0.2) is 5.96 Å². The van der Waals surface area contributed by atoms with E-state index in [1.807, 2.05) is 16.8 Å². The first-order valence-corrected chi connectivity index (χ1v) is 7.68. The summed E-state index contributed by atoms with van der Waals surface area (Å²) in [6.07, 6.45) is -3.44. The number of nitrogens with one attached hydrogen (secondary N) is 2. The highest BCUT2D eigenvalue weighted by Gasteiger charge is 2.34. The van der Waals surface area contributed by atoms with Crippen LogP contribution in [0.5, 0.6) is 0 Å². The molecule has 2 rings (SSSR count). The van der Waals surface area contributed by atoms with Crippen LogP contribution in [0.3, 0.4) is 0 Å². The summed E-state index contributed by atoms with van der Waals surface area (Å²) in [7, 11) is 1.66. The molecular formula is C13H19F3N4S. The molecule has 0 radical (unpaired) electrons. The molecule has 0 saturated carbocycles. The van der Waals surface area contributed by atoms with Crippen molar-refractivity contribution in [1.82, 2.24) is 15.5 Å². The van der Waals surface area contributed by atoms with Gasteiger partial charge in [0.05, 0.1) is 6.54 Å². The predicted molar refractivity (Wildman–Crippen MR) is 78.6 cm³/mol. The molecule has 1 saturated heterocycles. The van der Waals surface area contributed by atoms with E-state index in [2.05, 4.69) is 15.6 Å². The quantitative estimate of drug-likeness (QED) is 0.659. The highest BCUT2D eigenvalue weighted by Crippen LogP contribution is 2.19. The summed E-state index contributed by atoms with van der Waals surface area (Å²) in [5.41, 5.74) is 1.16. The van der Waals surface area contributed by atoms with E-state index in [4.69, 9.17) is 0 Å². The summed E-state index contributed by atoms with van der Waals surface area (Å²) in [5.74, 6) is 0.625. The van der Waals surface area contributed by atoms with Gasteiger partial charge in [-0.25, -0.2) is 0 Å². The Kier molecular flexibility index (Phi) is 5.46. The first kappa shape index (κ1) is 16.1. The van der Waals surface area contributed by atoms with E-state index in [0.717, 1.165) is 5.56 Å². The van der Waals surface area contributed by atoms with Crippen molar-refractivity contribution in [3.8, 4) is 0 Å². The maximum Gasteiger partial charge on any atom is 0.401 e. The molecule has 118 valence electrons. The van der Waals surface area contributed by atoms with Crippen molar-refractivity contribution in [2.45, 2.75) is 25.2 Å². The first-order valence-electron chi connectivity index (χ1n) is 6.73. The minimum absolute atomic E-state index is 0.000949. The molecule has 0 bridgehead atoms. The lowest BCUT2D eigenvalue weighted by Gasteiger charge is -2.19. The Morgan fingerprint density at radius 3 is 2.95 bits per heavy atom. The molecule has 0 amide bonds. The lowest BCUT2D eigenvalue weighted by atomic mass is 10.3. The third kappa shape index (κ3) is 5.55. The summed E-state index contributed by atoms with van der Waals surface area (Å²) in [4.78, 5) is 5.53. The molecule has 1 aliphatic heterocycles. The average molecular weight is 320 g/mol. The second kappa shape index (κ2) is 7.13. The molecule has 0 aliphatic carbocycles. The highest BCUT2D eigenvalue weighted by atomic mass is 32.1. The van der Waals surface area contributed by atoms with Crippen molar-refractivity contribution >= 4 is 17.3 Å². The molecule has 0 aromatic carbocycles. The topological polar surface area (TPSA) is 39.7 Å². The van der Waals surface area contributed by atoms with Crippen LogP contribution < -0.4 is 10.6 Å². The van der Waals surface area contributed by atoms with Gasteiger partial charge in [-0.1, -0.05) is 0 Å². The fourth-order valence-corrected chi connectivity index (χ4v) is 2.98. The molecule has 1 aromatic rings. The van der Waals surface area contributed by atoms with E-state index in [9.17, 15) is 13.2 Å². The normalized spacial score (nSPS) is 20.8. The molecule has 2 heterocycles. The molecular weight excluding hydrogens is 301 g/mol. The number of likely N-dealkylation sites (tertiary alicyclic amines) is 1. The molecule has 1 aliphatic rings. The van der Waals surface area contributed by atoms with Gasteiger partial charge in [0.1, 0.15) is 0 Å². The maximum atomic E-state index is 12.3. The van der Waals surface area contributed by atoms with Crippen LogP contribution in [0.4, 0.5) is 13.2 Å². The summed E-state index contributed by atoms with van der Waals surface area (Å²) >= 11 is 1.62. The maximum absolute atomic E-state index is 12.3. The smallest absolute Gasteiger partial charge is 0.352 e. The van der Waals surface area contributed by atoms with Gasteiger partial charge in [0.25, 0.3) is 0 Å². The van der Waals surface area contributed by atoms with Crippen molar-refractivity contribution in [3.05, 3.63) is 22.4 Å². The van der Waals surface area contributed by atoms with E-state index in [1.54, 1.807) is 18.4 Å². The van der Waals surface area contributed by atoms with E-state index < -0.39 is 12.7 Å². The van der Waals surface area contributed by atoms with Crippen LogP contribution >= 0.6 is 11.3 Å². The molecule has 4 nitrogen and oxygen atoms in total. The van der Waals surface area contributed by atoms with Gasteiger partial charge in [-0.05, 0) is 28.8 Å². The molecule has 1 fully saturated rings. The van der Waals surface area contributed by atoms with Crippen LogP contribution in [0.15, 0.2) is 21.8 Å². The summed E-state index contributed by atoms with van der Waals surface area (Å²) < 4.78 is 37.0. The van der Waals surface area contributed by atoms with Crippen molar-refractivity contribution < 1.29 is 13.2 Å². The van der Waals surface area contributed by atoms with Crippen LogP contribution in [0.2, 0.25) is 0 Å². The molecule has 0 spiro atoms. The van der Waals surface area contributed by atoms with Crippen molar-refractivity contribution in [2.24, 2.45) is 4.99 Å². The minimum atomic E-state index is -4.13. The van der Waals surface area contributed by atoms with E-state index >= 15 is 0 Å². The van der Waals surface area contributed by atoms with Crippen molar-refractivity contribution in [1.29, 1.82) is 0 Å². The van der Waals surface area contributed by atoms with Gasteiger partial charge >= 0.3 is 6.18 Å². The number of nitrogens with zero attached hydrogens (tertiary/aromatic N) is 2. The van der Waals surface area contributed by atoms with Crippen LogP contribution in [-0.2, 0) is 6.54 Å². The van der Waals surface area contributed by atoms with Gasteiger partial charge in [-0.2, -0.15) is 24.5 Å². The number of halogens is 3. The van der Waals surface area contributed by atoms with Crippen LogP contribution in [-0.4, -0.2) is 49.8 Å². The van der Waals surface area contributed by atoms with Crippen molar-refractivity contribution in [3.63, 3.8) is 0 Å². The van der Waals surface area contributed by atoms with Gasteiger partial charge in [0, 0.05) is 32.7 Å². The standard InChI is InChI=1S/C13H19F3N4S/c1-17-12(18-6-10-3-5-21-8-10)19-11-2-4-20(7-11)9-13(14,15)16/h3,5,8,11H,2,4,6-7,9H2,1H3,(H2,17,18,19). The van der Waals surface area contributed by atoms with Crippen molar-refractivity contribution in [2.75, 3.05) is 26.7 Å².